The van der Waals surface area contributed by atoms with Crippen LogP contribution in [0.25, 0.3) is 55.1 Å². The molecule has 0 amide bonds. The zero-order valence-corrected chi connectivity index (χ0v) is 29.9. The normalized spacial score (nSPS) is 13.9. The Labute approximate surface area is 275 Å². The number of pyridine rings is 1. The summed E-state index contributed by atoms with van der Waals surface area (Å²) in [6, 6.07) is 22.3. The Hall–Kier alpha value is -3.69. The first kappa shape index (κ1) is 27.6. The molecule has 0 bridgehead atoms. The predicted octanol–water partition coefficient (Wildman–Crippen LogP) is 11.4. The molecule has 4 aromatic carbocycles. The van der Waals surface area contributed by atoms with Crippen molar-refractivity contribution in [3.8, 4) is 22.4 Å². The second kappa shape index (κ2) is 11.3. The molecule has 0 unspecified atom stereocenters. The number of aromatic nitrogens is 1. The Morgan fingerprint density at radius 2 is 1.31 bits per heavy atom. The van der Waals surface area contributed by atoms with Gasteiger partial charge in [-0.15, -0.1) is 0 Å². The molecule has 0 N–H and O–H groups in total. The van der Waals surface area contributed by atoms with Crippen molar-refractivity contribution >= 4 is 46.0 Å². The number of furan rings is 1. The molecular formula is C42H50NOSi+. The van der Waals surface area contributed by atoms with Crippen LogP contribution in [0, 0.1) is 13.8 Å². The van der Waals surface area contributed by atoms with Gasteiger partial charge in [-0.05, 0) is 76.4 Å². The third-order valence-corrected chi connectivity index (χ3v) is 11.7. The third kappa shape index (κ3) is 5.33. The van der Waals surface area contributed by atoms with Gasteiger partial charge in [0.25, 0.3) is 0 Å². The molecule has 2 aromatic heterocycles. The molecule has 0 radical (unpaired) electrons. The fourth-order valence-corrected chi connectivity index (χ4v) is 8.03. The van der Waals surface area contributed by atoms with Crippen LogP contribution in [0.4, 0.5) is 0 Å². The molecule has 0 spiro atoms. The number of hydrogen-bond acceptors (Lipinski definition) is 1. The smallest absolute Gasteiger partial charge is 0.216 e. The summed E-state index contributed by atoms with van der Waals surface area (Å²) in [5, 5.41) is 5.88. The van der Waals surface area contributed by atoms with E-state index in [-0.39, 0.29) is 11.8 Å². The maximum atomic E-state index is 8.69. The molecule has 0 saturated carbocycles. The number of fused-ring (bicyclic) bond motifs is 5. The quantitative estimate of drug-likeness (QED) is 0.135. The van der Waals surface area contributed by atoms with Crippen molar-refractivity contribution in [3.05, 3.63) is 94.7 Å². The number of benzene rings is 4. The summed E-state index contributed by atoms with van der Waals surface area (Å²) in [5.74, 6) is 0.798. The van der Waals surface area contributed by atoms with Crippen LogP contribution in [0.3, 0.4) is 0 Å². The average molecular weight is 616 g/mol. The standard InChI is InChI=1S/C42H50NOSi/c1-24(2)30-19-34(25(3)4)40(35(20-30)26(5)6)36-22-38(43(9)23-28(36)8)39-27(7)13-17-33-32-18-15-29-14-16-31(45(10,11)12)21-37(29)41(32)44-42(33)39/h13-26H,1-12H3/q+1/i8D3. The monoisotopic (exact) mass is 615 g/mol. The lowest BCUT2D eigenvalue weighted by Gasteiger charge is -2.24. The lowest BCUT2D eigenvalue weighted by molar-refractivity contribution is -0.660. The van der Waals surface area contributed by atoms with Crippen LogP contribution < -0.4 is 9.75 Å². The molecule has 232 valence electrons. The van der Waals surface area contributed by atoms with Gasteiger partial charge >= 0.3 is 0 Å². The van der Waals surface area contributed by atoms with Crippen molar-refractivity contribution in [2.45, 2.75) is 92.7 Å². The zero-order chi connectivity index (χ0) is 35.0. The SMILES string of the molecule is [2H]C([2H])([2H])c1c[n+](C)c(-c2c(C)ccc3c2oc2c4cc([Si](C)(C)C)ccc4ccc32)cc1-c1c(C(C)C)cc(C(C)C)cc1C(C)C. The van der Waals surface area contributed by atoms with Gasteiger partial charge in [-0.2, -0.15) is 0 Å². The highest BCUT2D eigenvalue weighted by Crippen LogP contribution is 2.43. The van der Waals surface area contributed by atoms with Crippen LogP contribution in [-0.4, -0.2) is 8.07 Å². The molecule has 0 aliphatic rings. The second-order valence-corrected chi connectivity index (χ2v) is 20.1. The van der Waals surface area contributed by atoms with Crippen LogP contribution >= 0.6 is 0 Å². The summed E-state index contributed by atoms with van der Waals surface area (Å²) < 4.78 is 35.0. The maximum absolute atomic E-state index is 8.69. The summed E-state index contributed by atoms with van der Waals surface area (Å²) in [6.07, 6.45) is 1.83. The minimum Gasteiger partial charge on any atom is -0.454 e. The van der Waals surface area contributed by atoms with Gasteiger partial charge in [0.2, 0.25) is 5.69 Å². The van der Waals surface area contributed by atoms with Crippen molar-refractivity contribution in [1.82, 2.24) is 0 Å². The highest BCUT2D eigenvalue weighted by Gasteiger charge is 2.27. The van der Waals surface area contributed by atoms with Crippen LogP contribution in [-0.2, 0) is 7.05 Å². The molecule has 6 rings (SSSR count). The second-order valence-electron chi connectivity index (χ2n) is 15.0. The van der Waals surface area contributed by atoms with Crippen molar-refractivity contribution < 1.29 is 13.1 Å². The van der Waals surface area contributed by atoms with Crippen LogP contribution in [0.1, 0.15) is 91.2 Å². The lowest BCUT2D eigenvalue weighted by atomic mass is 9.80. The minimum absolute atomic E-state index is 0.216. The molecule has 0 aliphatic heterocycles. The van der Waals surface area contributed by atoms with Gasteiger partial charge in [0.15, 0.2) is 6.20 Å². The van der Waals surface area contributed by atoms with Gasteiger partial charge in [0.1, 0.15) is 18.2 Å². The van der Waals surface area contributed by atoms with Crippen molar-refractivity contribution in [3.63, 3.8) is 0 Å². The van der Waals surface area contributed by atoms with E-state index >= 15 is 0 Å². The molecule has 2 nitrogen and oxygen atoms in total. The molecule has 6 aromatic rings. The van der Waals surface area contributed by atoms with E-state index in [0.717, 1.165) is 55.3 Å². The van der Waals surface area contributed by atoms with Crippen LogP contribution in [0.2, 0.25) is 19.6 Å². The van der Waals surface area contributed by atoms with E-state index in [1.807, 2.05) is 17.8 Å². The number of aryl methyl sites for hydroxylation is 3. The van der Waals surface area contributed by atoms with Gasteiger partial charge in [0, 0.05) is 31.9 Å². The molecular weight excluding hydrogens is 563 g/mol. The van der Waals surface area contributed by atoms with E-state index in [2.05, 4.69) is 129 Å². The van der Waals surface area contributed by atoms with Crippen LogP contribution in [0.5, 0.6) is 0 Å². The highest BCUT2D eigenvalue weighted by atomic mass is 28.3. The minimum atomic E-state index is -2.29. The summed E-state index contributed by atoms with van der Waals surface area (Å²) in [4.78, 5) is 0. The molecule has 0 fully saturated rings. The van der Waals surface area contributed by atoms with E-state index in [1.54, 1.807) is 0 Å². The zero-order valence-electron chi connectivity index (χ0n) is 31.9. The molecule has 0 saturated heterocycles. The van der Waals surface area contributed by atoms with E-state index < -0.39 is 14.9 Å². The Kier molecular flexibility index (Phi) is 6.92. The summed E-state index contributed by atoms with van der Waals surface area (Å²) in [7, 11) is 0.415. The van der Waals surface area contributed by atoms with E-state index in [0.29, 0.717) is 11.5 Å². The first-order valence-corrected chi connectivity index (χ1v) is 20.0. The van der Waals surface area contributed by atoms with Gasteiger partial charge in [-0.1, -0.05) is 115 Å². The van der Waals surface area contributed by atoms with E-state index in [4.69, 9.17) is 8.53 Å². The van der Waals surface area contributed by atoms with Gasteiger partial charge in [0.05, 0.1) is 13.6 Å². The Balaban J connectivity index is 1.72. The fourth-order valence-electron chi connectivity index (χ4n) is 6.87. The Morgan fingerprint density at radius 1 is 0.689 bits per heavy atom. The van der Waals surface area contributed by atoms with E-state index in [9.17, 15) is 0 Å². The van der Waals surface area contributed by atoms with Gasteiger partial charge in [-0.3, -0.25) is 0 Å². The molecule has 45 heavy (non-hydrogen) atoms. The number of nitrogens with zero attached hydrogens (tertiary/aromatic N) is 1. The first-order valence-electron chi connectivity index (χ1n) is 18.0. The highest BCUT2D eigenvalue weighted by molar-refractivity contribution is 6.88. The molecule has 2 heterocycles. The first-order chi connectivity index (χ1) is 22.4. The van der Waals surface area contributed by atoms with Crippen LogP contribution in [0.15, 0.2) is 71.3 Å². The summed E-state index contributed by atoms with van der Waals surface area (Å²) >= 11 is 0. The Morgan fingerprint density at radius 3 is 1.91 bits per heavy atom. The molecule has 0 atom stereocenters. The number of hydrogen-bond donors (Lipinski definition) is 0. The van der Waals surface area contributed by atoms with Crippen molar-refractivity contribution in [2.24, 2.45) is 7.05 Å². The molecule has 0 aliphatic carbocycles. The lowest BCUT2D eigenvalue weighted by Crippen LogP contribution is -2.37. The van der Waals surface area contributed by atoms with Gasteiger partial charge < -0.3 is 4.42 Å². The summed E-state index contributed by atoms with van der Waals surface area (Å²) in [5.41, 5.74) is 10.6. The topological polar surface area (TPSA) is 17.0 Å². The molecule has 3 heteroatoms. The third-order valence-electron chi connectivity index (χ3n) is 9.63. The maximum Gasteiger partial charge on any atom is 0.216 e. The summed E-state index contributed by atoms with van der Waals surface area (Å²) in [6.45, 7) is 20.3. The fraction of sp³-hybridized carbons (Fsp3) is 0.357. The van der Waals surface area contributed by atoms with Gasteiger partial charge in [-0.25, -0.2) is 4.57 Å². The van der Waals surface area contributed by atoms with Crippen molar-refractivity contribution in [1.29, 1.82) is 0 Å². The number of rotatable bonds is 6. The Bertz CT molecular complexity index is 2180. The predicted molar refractivity (Wildman–Crippen MR) is 198 cm³/mol. The van der Waals surface area contributed by atoms with Crippen molar-refractivity contribution in [2.75, 3.05) is 0 Å². The van der Waals surface area contributed by atoms with E-state index in [1.165, 1.54) is 27.3 Å². The largest absolute Gasteiger partial charge is 0.454 e. The average Bonchev–Trinajstić information content (AvgIpc) is 3.38.